The van der Waals surface area contributed by atoms with E-state index in [0.29, 0.717) is 11.3 Å². The number of aryl methyl sites for hydroxylation is 1. The second kappa shape index (κ2) is 6.12. The molecule has 1 saturated carbocycles. The first-order chi connectivity index (χ1) is 9.81. The fourth-order valence-corrected chi connectivity index (χ4v) is 3.92. The molecule has 3 unspecified atom stereocenters. The summed E-state index contributed by atoms with van der Waals surface area (Å²) in [6.45, 7) is 13.4. The van der Waals surface area contributed by atoms with Crippen LogP contribution in [-0.4, -0.2) is 21.0 Å². The van der Waals surface area contributed by atoms with Crippen molar-refractivity contribution in [2.24, 2.45) is 11.3 Å². The smallest absolute Gasteiger partial charge is 0.0784 e. The SMILES string of the molecule is CCc1c(C)nn(C2CC(C(C)(C)CC)CCC2O)c1C. The Morgan fingerprint density at radius 3 is 2.43 bits per heavy atom. The van der Waals surface area contributed by atoms with Crippen LogP contribution in [0.5, 0.6) is 0 Å². The fourth-order valence-electron chi connectivity index (χ4n) is 3.92. The van der Waals surface area contributed by atoms with Crippen LogP contribution in [0.3, 0.4) is 0 Å². The van der Waals surface area contributed by atoms with Gasteiger partial charge in [-0.05, 0) is 56.4 Å². The van der Waals surface area contributed by atoms with Gasteiger partial charge < -0.3 is 5.11 Å². The Bertz CT molecular complexity index is 490. The molecule has 0 bridgehead atoms. The molecule has 3 atom stereocenters. The van der Waals surface area contributed by atoms with Gasteiger partial charge in [-0.15, -0.1) is 0 Å². The topological polar surface area (TPSA) is 38.0 Å². The average Bonchev–Trinajstić information content (AvgIpc) is 2.73. The van der Waals surface area contributed by atoms with E-state index in [2.05, 4.69) is 46.2 Å². The minimum absolute atomic E-state index is 0.147. The highest BCUT2D eigenvalue weighted by Crippen LogP contribution is 2.44. The summed E-state index contributed by atoms with van der Waals surface area (Å²) < 4.78 is 2.12. The zero-order valence-corrected chi connectivity index (χ0v) is 14.6. The summed E-state index contributed by atoms with van der Waals surface area (Å²) >= 11 is 0. The van der Waals surface area contributed by atoms with Crippen molar-refractivity contribution >= 4 is 0 Å². The fraction of sp³-hybridized carbons (Fsp3) is 0.833. The minimum Gasteiger partial charge on any atom is -0.391 e. The van der Waals surface area contributed by atoms with Gasteiger partial charge in [0.25, 0.3) is 0 Å². The highest BCUT2D eigenvalue weighted by molar-refractivity contribution is 5.25. The van der Waals surface area contributed by atoms with Gasteiger partial charge in [-0.1, -0.05) is 34.1 Å². The molecule has 0 aromatic carbocycles. The molecule has 1 N–H and O–H groups in total. The molecule has 1 aliphatic carbocycles. The van der Waals surface area contributed by atoms with E-state index in [4.69, 9.17) is 5.10 Å². The van der Waals surface area contributed by atoms with Crippen LogP contribution in [0.25, 0.3) is 0 Å². The Kier molecular flexibility index (Phi) is 4.82. The number of hydrogen-bond donors (Lipinski definition) is 1. The number of aliphatic hydroxyl groups excluding tert-OH is 1. The summed E-state index contributed by atoms with van der Waals surface area (Å²) in [4.78, 5) is 0. The van der Waals surface area contributed by atoms with Gasteiger partial charge in [0, 0.05) is 5.69 Å². The van der Waals surface area contributed by atoms with E-state index < -0.39 is 0 Å². The number of aromatic nitrogens is 2. The van der Waals surface area contributed by atoms with Gasteiger partial charge >= 0.3 is 0 Å². The van der Waals surface area contributed by atoms with Crippen LogP contribution >= 0.6 is 0 Å². The summed E-state index contributed by atoms with van der Waals surface area (Å²) in [5, 5.41) is 15.3. The molecule has 1 aromatic heterocycles. The molecule has 0 amide bonds. The molecular weight excluding hydrogens is 260 g/mol. The van der Waals surface area contributed by atoms with Gasteiger partial charge in [-0.25, -0.2) is 0 Å². The van der Waals surface area contributed by atoms with Crippen LogP contribution in [0.1, 0.15) is 76.4 Å². The second-order valence-corrected chi connectivity index (χ2v) is 7.43. The lowest BCUT2D eigenvalue weighted by atomic mass is 9.68. The molecule has 0 radical (unpaired) electrons. The first-order valence-corrected chi connectivity index (χ1v) is 8.54. The van der Waals surface area contributed by atoms with Crippen molar-refractivity contribution in [3.05, 3.63) is 17.0 Å². The van der Waals surface area contributed by atoms with E-state index >= 15 is 0 Å². The normalized spacial score (nSPS) is 27.1. The van der Waals surface area contributed by atoms with Gasteiger partial charge in [-0.2, -0.15) is 5.10 Å². The molecule has 120 valence electrons. The lowest BCUT2D eigenvalue weighted by Gasteiger charge is -2.42. The summed E-state index contributed by atoms with van der Waals surface area (Å²) in [6, 6.07) is 0.147. The molecule has 1 heterocycles. The predicted molar refractivity (Wildman–Crippen MR) is 87.5 cm³/mol. The van der Waals surface area contributed by atoms with Crippen molar-refractivity contribution < 1.29 is 5.11 Å². The van der Waals surface area contributed by atoms with E-state index in [9.17, 15) is 5.11 Å². The van der Waals surface area contributed by atoms with Crippen LogP contribution in [0, 0.1) is 25.2 Å². The monoisotopic (exact) mass is 292 g/mol. The molecule has 1 fully saturated rings. The number of nitrogens with zero attached hydrogens (tertiary/aromatic N) is 2. The van der Waals surface area contributed by atoms with E-state index in [1.807, 2.05) is 0 Å². The third-order valence-electron chi connectivity index (χ3n) is 5.94. The Morgan fingerprint density at radius 2 is 1.90 bits per heavy atom. The number of hydrogen-bond acceptors (Lipinski definition) is 2. The van der Waals surface area contributed by atoms with E-state index in [-0.39, 0.29) is 12.1 Å². The van der Waals surface area contributed by atoms with Crippen LogP contribution in [0.4, 0.5) is 0 Å². The first kappa shape index (κ1) is 16.5. The first-order valence-electron chi connectivity index (χ1n) is 8.54. The summed E-state index contributed by atoms with van der Waals surface area (Å²) in [5.41, 5.74) is 4.06. The minimum atomic E-state index is -0.253. The molecule has 0 saturated heterocycles. The molecule has 3 heteroatoms. The standard InChI is InChI=1S/C18H32N2O/c1-7-15-12(3)19-20(13(15)4)16-11-14(9-10-17(16)21)18(5,6)8-2/h14,16-17,21H,7-11H2,1-6H3. The van der Waals surface area contributed by atoms with Crippen LogP contribution in [0.2, 0.25) is 0 Å². The van der Waals surface area contributed by atoms with Crippen molar-refractivity contribution in [2.45, 2.75) is 85.8 Å². The average molecular weight is 292 g/mol. The van der Waals surface area contributed by atoms with Crippen molar-refractivity contribution in [3.8, 4) is 0 Å². The maximum atomic E-state index is 10.5. The number of rotatable bonds is 4. The lowest BCUT2D eigenvalue weighted by Crippen LogP contribution is -2.37. The molecule has 0 aliphatic heterocycles. The van der Waals surface area contributed by atoms with Crippen LogP contribution < -0.4 is 0 Å². The zero-order chi connectivity index (χ0) is 15.8. The van der Waals surface area contributed by atoms with Crippen molar-refractivity contribution in [2.75, 3.05) is 0 Å². The quantitative estimate of drug-likeness (QED) is 0.903. The Labute approximate surface area is 129 Å². The van der Waals surface area contributed by atoms with Gasteiger partial charge in [-0.3, -0.25) is 4.68 Å². The highest BCUT2D eigenvalue weighted by Gasteiger charge is 2.38. The molecule has 1 aliphatic rings. The Morgan fingerprint density at radius 1 is 1.24 bits per heavy atom. The van der Waals surface area contributed by atoms with Crippen molar-refractivity contribution in [1.29, 1.82) is 0 Å². The Balaban J connectivity index is 2.29. The second-order valence-electron chi connectivity index (χ2n) is 7.43. The van der Waals surface area contributed by atoms with Crippen LogP contribution in [-0.2, 0) is 6.42 Å². The molecule has 21 heavy (non-hydrogen) atoms. The zero-order valence-electron chi connectivity index (χ0n) is 14.6. The summed E-state index contributed by atoms with van der Waals surface area (Å²) in [6.07, 6.45) is 5.04. The summed E-state index contributed by atoms with van der Waals surface area (Å²) in [7, 11) is 0. The van der Waals surface area contributed by atoms with Gasteiger partial charge in [0.2, 0.25) is 0 Å². The predicted octanol–water partition coefficient (Wildman–Crippen LogP) is 4.20. The Hall–Kier alpha value is -0.830. The lowest BCUT2D eigenvalue weighted by molar-refractivity contribution is 0.0138. The third-order valence-corrected chi connectivity index (χ3v) is 5.94. The largest absolute Gasteiger partial charge is 0.391 e. The molecule has 1 aromatic rings. The van der Waals surface area contributed by atoms with Crippen LogP contribution in [0.15, 0.2) is 0 Å². The van der Waals surface area contributed by atoms with Gasteiger partial charge in [0.1, 0.15) is 0 Å². The number of aliphatic hydroxyl groups is 1. The van der Waals surface area contributed by atoms with Gasteiger partial charge in [0.15, 0.2) is 0 Å². The molecule has 0 spiro atoms. The van der Waals surface area contributed by atoms with Crippen molar-refractivity contribution in [1.82, 2.24) is 9.78 Å². The molecular formula is C18H32N2O. The summed E-state index contributed by atoms with van der Waals surface area (Å²) in [5.74, 6) is 0.671. The van der Waals surface area contributed by atoms with E-state index in [1.165, 1.54) is 17.7 Å². The van der Waals surface area contributed by atoms with E-state index in [1.54, 1.807) is 0 Å². The maximum Gasteiger partial charge on any atom is 0.0784 e. The third kappa shape index (κ3) is 3.03. The van der Waals surface area contributed by atoms with Gasteiger partial charge in [0.05, 0.1) is 17.8 Å². The molecule has 2 rings (SSSR count). The van der Waals surface area contributed by atoms with E-state index in [0.717, 1.165) is 31.4 Å². The maximum absolute atomic E-state index is 10.5. The van der Waals surface area contributed by atoms with Crippen molar-refractivity contribution in [3.63, 3.8) is 0 Å². The highest BCUT2D eigenvalue weighted by atomic mass is 16.3. The molecule has 3 nitrogen and oxygen atoms in total.